The lowest BCUT2D eigenvalue weighted by molar-refractivity contribution is -0.118. The van der Waals surface area contributed by atoms with E-state index in [4.69, 9.17) is 4.74 Å². The lowest BCUT2D eigenvalue weighted by atomic mass is 9.94. The third-order valence-corrected chi connectivity index (χ3v) is 8.00. The Morgan fingerprint density at radius 3 is 2.52 bits per heavy atom. The summed E-state index contributed by atoms with van der Waals surface area (Å²) in [6.07, 6.45) is 6.65. The van der Waals surface area contributed by atoms with Crippen molar-refractivity contribution in [3.8, 4) is 5.88 Å². The van der Waals surface area contributed by atoms with E-state index in [1.54, 1.807) is 18.3 Å². The highest BCUT2D eigenvalue weighted by atomic mass is 32.2. The van der Waals surface area contributed by atoms with E-state index in [9.17, 15) is 13.2 Å². The SMILES string of the molecule is Cc1ccc(OC2CCC(NS(=O)(=O)c3cc4c5c(c3)CCN5C(=O)CC4)CC2)nc1. The molecule has 1 fully saturated rings. The number of amides is 1. The van der Waals surface area contributed by atoms with Gasteiger partial charge >= 0.3 is 0 Å². The van der Waals surface area contributed by atoms with Crippen molar-refractivity contribution in [3.05, 3.63) is 47.2 Å². The minimum atomic E-state index is -3.61. The quantitative estimate of drug-likeness (QED) is 0.771. The number of nitrogens with zero attached hydrogens (tertiary/aromatic N) is 2. The Balaban J connectivity index is 1.24. The zero-order valence-corrected chi connectivity index (χ0v) is 18.5. The van der Waals surface area contributed by atoms with Gasteiger partial charge in [-0.1, -0.05) is 6.07 Å². The lowest BCUT2D eigenvalue weighted by Gasteiger charge is -2.29. The van der Waals surface area contributed by atoms with Crippen LogP contribution in [0.1, 0.15) is 48.8 Å². The summed E-state index contributed by atoms with van der Waals surface area (Å²) in [5.74, 6) is 0.758. The molecule has 1 aliphatic carbocycles. The van der Waals surface area contributed by atoms with Crippen LogP contribution in [0, 0.1) is 6.92 Å². The highest BCUT2D eigenvalue weighted by molar-refractivity contribution is 7.89. The van der Waals surface area contributed by atoms with Crippen molar-refractivity contribution >= 4 is 21.6 Å². The molecule has 1 aromatic heterocycles. The van der Waals surface area contributed by atoms with Crippen molar-refractivity contribution in [2.45, 2.75) is 68.9 Å². The number of rotatable bonds is 5. The first kappa shape index (κ1) is 20.5. The van der Waals surface area contributed by atoms with E-state index in [1.165, 1.54) is 0 Å². The summed E-state index contributed by atoms with van der Waals surface area (Å²) in [6, 6.07) is 7.25. The topological polar surface area (TPSA) is 88.6 Å². The van der Waals surface area contributed by atoms with E-state index < -0.39 is 10.0 Å². The molecule has 164 valence electrons. The molecule has 0 saturated heterocycles. The van der Waals surface area contributed by atoms with Crippen LogP contribution < -0.4 is 14.4 Å². The van der Waals surface area contributed by atoms with Gasteiger partial charge in [0.2, 0.25) is 21.8 Å². The summed E-state index contributed by atoms with van der Waals surface area (Å²) in [5, 5.41) is 0. The second kappa shape index (κ2) is 7.91. The van der Waals surface area contributed by atoms with Crippen LogP contribution in [-0.4, -0.2) is 38.0 Å². The Hall–Kier alpha value is -2.45. The molecule has 3 heterocycles. The van der Waals surface area contributed by atoms with Crippen molar-refractivity contribution in [2.24, 2.45) is 0 Å². The number of ether oxygens (including phenoxy) is 1. The van der Waals surface area contributed by atoms with Crippen molar-refractivity contribution in [1.29, 1.82) is 0 Å². The van der Waals surface area contributed by atoms with Crippen molar-refractivity contribution in [2.75, 3.05) is 11.4 Å². The Labute approximate surface area is 182 Å². The number of carbonyl (C=O) groups is 1. The van der Waals surface area contributed by atoms with Crippen LogP contribution in [0.4, 0.5) is 5.69 Å². The zero-order valence-electron chi connectivity index (χ0n) is 17.6. The highest BCUT2D eigenvalue weighted by Gasteiger charge is 2.34. The number of anilines is 1. The molecule has 5 rings (SSSR count). The Bertz CT molecular complexity index is 1110. The summed E-state index contributed by atoms with van der Waals surface area (Å²) in [6.45, 7) is 2.64. The van der Waals surface area contributed by atoms with Gasteiger partial charge in [0, 0.05) is 31.3 Å². The molecule has 8 heteroatoms. The van der Waals surface area contributed by atoms with E-state index >= 15 is 0 Å². The third-order valence-electron chi connectivity index (χ3n) is 6.50. The van der Waals surface area contributed by atoms with Crippen LogP contribution in [-0.2, 0) is 27.7 Å². The van der Waals surface area contributed by atoms with Crippen LogP contribution in [0.2, 0.25) is 0 Å². The molecule has 2 aliphatic heterocycles. The van der Waals surface area contributed by atoms with Crippen molar-refractivity contribution < 1.29 is 17.9 Å². The van der Waals surface area contributed by atoms with Crippen LogP contribution in [0.15, 0.2) is 35.4 Å². The van der Waals surface area contributed by atoms with Crippen LogP contribution >= 0.6 is 0 Å². The number of sulfonamides is 1. The molecule has 0 radical (unpaired) electrons. The molecular formula is C23H27N3O4S. The maximum atomic E-state index is 13.1. The van der Waals surface area contributed by atoms with Gasteiger partial charge < -0.3 is 9.64 Å². The lowest BCUT2D eigenvalue weighted by Crippen LogP contribution is -2.39. The van der Waals surface area contributed by atoms with E-state index in [0.717, 1.165) is 48.1 Å². The fourth-order valence-electron chi connectivity index (χ4n) is 4.86. The summed E-state index contributed by atoms with van der Waals surface area (Å²) < 4.78 is 35.1. The smallest absolute Gasteiger partial charge is 0.240 e. The number of pyridine rings is 1. The summed E-state index contributed by atoms with van der Waals surface area (Å²) in [5.41, 5.74) is 3.97. The van der Waals surface area contributed by atoms with E-state index in [1.807, 2.05) is 24.0 Å². The molecule has 7 nitrogen and oxygen atoms in total. The van der Waals surface area contributed by atoms with Crippen LogP contribution in [0.25, 0.3) is 0 Å². The maximum absolute atomic E-state index is 13.1. The second-order valence-electron chi connectivity index (χ2n) is 8.77. The normalized spacial score (nSPS) is 23.0. The van der Waals surface area contributed by atoms with Crippen molar-refractivity contribution in [1.82, 2.24) is 9.71 Å². The number of aromatic nitrogens is 1. The van der Waals surface area contributed by atoms with Gasteiger partial charge in [0.25, 0.3) is 0 Å². The average molecular weight is 442 g/mol. The number of hydrogen-bond acceptors (Lipinski definition) is 5. The van der Waals surface area contributed by atoms with Crippen LogP contribution in [0.5, 0.6) is 5.88 Å². The van der Waals surface area contributed by atoms with E-state index in [2.05, 4.69) is 9.71 Å². The number of aryl methyl sites for hydroxylation is 2. The fraction of sp³-hybridized carbons (Fsp3) is 0.478. The number of carbonyl (C=O) groups excluding carboxylic acids is 1. The van der Waals surface area contributed by atoms with Gasteiger partial charge in [0.05, 0.1) is 10.6 Å². The first-order valence-electron chi connectivity index (χ1n) is 11.0. The van der Waals surface area contributed by atoms with Gasteiger partial charge in [0.15, 0.2) is 0 Å². The number of benzene rings is 1. The summed E-state index contributed by atoms with van der Waals surface area (Å²) in [4.78, 5) is 18.5. The molecule has 2 aromatic rings. The maximum Gasteiger partial charge on any atom is 0.240 e. The molecule has 1 N–H and O–H groups in total. The third kappa shape index (κ3) is 4.06. The molecule has 1 amide bonds. The van der Waals surface area contributed by atoms with Crippen molar-refractivity contribution in [3.63, 3.8) is 0 Å². The molecule has 3 aliphatic rings. The fourth-order valence-corrected chi connectivity index (χ4v) is 6.27. The number of nitrogens with one attached hydrogen (secondary N) is 1. The highest BCUT2D eigenvalue weighted by Crippen LogP contribution is 2.38. The largest absolute Gasteiger partial charge is 0.474 e. The average Bonchev–Trinajstić information content (AvgIpc) is 3.19. The van der Waals surface area contributed by atoms with Gasteiger partial charge in [-0.05, 0) is 74.3 Å². The van der Waals surface area contributed by atoms with E-state index in [-0.39, 0.29) is 18.1 Å². The van der Waals surface area contributed by atoms with Gasteiger partial charge in [0.1, 0.15) is 6.10 Å². The molecular weight excluding hydrogens is 414 g/mol. The Kier molecular flexibility index (Phi) is 5.22. The second-order valence-corrected chi connectivity index (χ2v) is 10.5. The molecule has 1 saturated carbocycles. The molecule has 0 atom stereocenters. The Morgan fingerprint density at radius 1 is 1.06 bits per heavy atom. The first-order chi connectivity index (χ1) is 14.9. The first-order valence-corrected chi connectivity index (χ1v) is 12.5. The standard InChI is InChI=1S/C23H27N3O4S/c1-15-2-8-21(24-14-15)30-19-6-4-18(5-7-19)25-31(28,29)20-12-16-3-9-22(27)26-11-10-17(13-20)23(16)26/h2,8,12-14,18-19,25H,3-7,9-11H2,1H3. The zero-order chi connectivity index (χ0) is 21.6. The molecule has 31 heavy (non-hydrogen) atoms. The van der Waals surface area contributed by atoms with Crippen LogP contribution in [0.3, 0.4) is 0 Å². The molecule has 0 unspecified atom stereocenters. The molecule has 0 spiro atoms. The van der Waals surface area contributed by atoms with E-state index in [0.29, 0.717) is 36.6 Å². The monoisotopic (exact) mass is 441 g/mol. The predicted molar refractivity (Wildman–Crippen MR) is 117 cm³/mol. The minimum absolute atomic E-state index is 0.0592. The Morgan fingerprint density at radius 2 is 1.81 bits per heavy atom. The van der Waals surface area contributed by atoms with Gasteiger partial charge in [-0.3, -0.25) is 4.79 Å². The molecule has 1 aromatic carbocycles. The van der Waals surface area contributed by atoms with Gasteiger partial charge in [-0.25, -0.2) is 18.1 Å². The van der Waals surface area contributed by atoms with Gasteiger partial charge in [-0.15, -0.1) is 0 Å². The molecule has 0 bridgehead atoms. The minimum Gasteiger partial charge on any atom is -0.474 e. The number of hydrogen-bond donors (Lipinski definition) is 1. The van der Waals surface area contributed by atoms with Gasteiger partial charge in [-0.2, -0.15) is 0 Å². The summed E-state index contributed by atoms with van der Waals surface area (Å²) >= 11 is 0. The summed E-state index contributed by atoms with van der Waals surface area (Å²) in [7, 11) is -3.61. The predicted octanol–water partition coefficient (Wildman–Crippen LogP) is 2.89.